The van der Waals surface area contributed by atoms with E-state index in [2.05, 4.69) is 14.8 Å². The van der Waals surface area contributed by atoms with Crippen molar-refractivity contribution in [1.29, 1.82) is 5.41 Å². The van der Waals surface area contributed by atoms with Gasteiger partial charge in [-0.2, -0.15) is 5.10 Å². The van der Waals surface area contributed by atoms with E-state index in [1.165, 1.54) is 0 Å². The first-order valence-corrected chi connectivity index (χ1v) is 9.46. The number of nitrogens with one attached hydrogen (secondary N) is 2. The molecule has 2 aromatic carbocycles. The third-order valence-electron chi connectivity index (χ3n) is 4.23. The molecule has 6 nitrogen and oxygen atoms in total. The molecular formula is C20H17N5OS. The van der Waals surface area contributed by atoms with Gasteiger partial charge in [-0.25, -0.2) is 4.21 Å². The van der Waals surface area contributed by atoms with Crippen molar-refractivity contribution < 1.29 is 4.21 Å². The Hall–Kier alpha value is -3.32. The molecule has 0 bridgehead atoms. The molecule has 4 aromatic rings. The highest BCUT2D eigenvalue weighted by atomic mass is 32.2. The van der Waals surface area contributed by atoms with Crippen LogP contribution in [0, 0.1) is 5.41 Å². The number of fused-ring (bicyclic) bond motifs is 1. The summed E-state index contributed by atoms with van der Waals surface area (Å²) in [5.41, 5.74) is 2.71. The summed E-state index contributed by atoms with van der Waals surface area (Å²) in [5, 5.41) is 13.9. The van der Waals surface area contributed by atoms with Crippen molar-refractivity contribution in [3.63, 3.8) is 0 Å². The minimum Gasteiger partial charge on any atom is -0.306 e. The van der Waals surface area contributed by atoms with E-state index in [0.717, 1.165) is 28.1 Å². The molecule has 0 radical (unpaired) electrons. The Balaban J connectivity index is 1.67. The van der Waals surface area contributed by atoms with Crippen LogP contribution in [-0.2, 0) is 18.0 Å². The fourth-order valence-corrected chi connectivity index (χ4v) is 3.75. The molecule has 27 heavy (non-hydrogen) atoms. The molecule has 2 N–H and O–H groups in total. The molecule has 0 aliphatic carbocycles. The lowest BCUT2D eigenvalue weighted by Crippen LogP contribution is -2.08. The van der Waals surface area contributed by atoms with Crippen molar-refractivity contribution in [2.75, 3.05) is 4.72 Å². The monoisotopic (exact) mass is 375 g/mol. The normalized spacial score (nSPS) is 12.0. The molecule has 0 fully saturated rings. The van der Waals surface area contributed by atoms with E-state index < -0.39 is 11.0 Å². The molecule has 1 unspecified atom stereocenters. The molecule has 0 aliphatic heterocycles. The Morgan fingerprint density at radius 1 is 1.07 bits per heavy atom. The van der Waals surface area contributed by atoms with Crippen molar-refractivity contribution in [3.05, 3.63) is 72.8 Å². The van der Waals surface area contributed by atoms with E-state index in [1.54, 1.807) is 17.1 Å². The van der Waals surface area contributed by atoms with Gasteiger partial charge in [0.05, 0.1) is 16.8 Å². The number of benzene rings is 2. The quantitative estimate of drug-likeness (QED) is 0.521. The first-order chi connectivity index (χ1) is 13.1. The van der Waals surface area contributed by atoms with Crippen molar-refractivity contribution in [3.8, 4) is 11.1 Å². The third-order valence-corrected chi connectivity index (χ3v) is 5.32. The lowest BCUT2D eigenvalue weighted by Gasteiger charge is -2.10. The smallest absolute Gasteiger partial charge is 0.150 e. The first kappa shape index (κ1) is 17.1. The van der Waals surface area contributed by atoms with E-state index in [0.29, 0.717) is 16.3 Å². The summed E-state index contributed by atoms with van der Waals surface area (Å²) in [6.45, 7) is 0. The second-order valence-corrected chi connectivity index (χ2v) is 7.30. The van der Waals surface area contributed by atoms with Gasteiger partial charge in [0, 0.05) is 36.8 Å². The summed E-state index contributed by atoms with van der Waals surface area (Å²) >= 11 is 0. The fraction of sp³-hybridized carbons (Fsp3) is 0.0500. The Morgan fingerprint density at radius 3 is 2.63 bits per heavy atom. The number of anilines is 1. The van der Waals surface area contributed by atoms with E-state index >= 15 is 0 Å². The van der Waals surface area contributed by atoms with Gasteiger partial charge in [0.1, 0.15) is 16.7 Å². The molecular weight excluding hydrogens is 358 g/mol. The topological polar surface area (TPSA) is 83.7 Å². The molecule has 7 heteroatoms. The lowest BCUT2D eigenvalue weighted by molar-refractivity contribution is 0.686. The van der Waals surface area contributed by atoms with Crippen molar-refractivity contribution in [2.45, 2.75) is 4.90 Å². The van der Waals surface area contributed by atoms with Gasteiger partial charge in [-0.1, -0.05) is 30.3 Å². The predicted molar refractivity (Wildman–Crippen MR) is 108 cm³/mol. The first-order valence-electron chi connectivity index (χ1n) is 8.31. The molecule has 0 aliphatic rings. The number of hydrogen-bond donors (Lipinski definition) is 2. The molecule has 0 amide bonds. The zero-order valence-electron chi connectivity index (χ0n) is 14.6. The fourth-order valence-electron chi connectivity index (χ4n) is 2.84. The molecule has 134 valence electrons. The van der Waals surface area contributed by atoms with Crippen molar-refractivity contribution in [2.24, 2.45) is 7.05 Å². The Morgan fingerprint density at radius 2 is 1.89 bits per heavy atom. The van der Waals surface area contributed by atoms with E-state index in [1.807, 2.05) is 61.8 Å². The minimum absolute atomic E-state index is 0.428. The number of nitrogens with zero attached hydrogens (tertiary/aromatic N) is 3. The molecule has 0 saturated carbocycles. The highest BCUT2D eigenvalue weighted by molar-refractivity contribution is 7.86. The highest BCUT2D eigenvalue weighted by Crippen LogP contribution is 2.25. The number of aryl methyl sites for hydroxylation is 1. The van der Waals surface area contributed by atoms with Crippen LogP contribution in [0.25, 0.3) is 21.9 Å². The predicted octanol–water partition coefficient (Wildman–Crippen LogP) is 3.77. The highest BCUT2D eigenvalue weighted by Gasteiger charge is 2.11. The van der Waals surface area contributed by atoms with Gasteiger partial charge in [0.15, 0.2) is 0 Å². The maximum atomic E-state index is 12.9. The van der Waals surface area contributed by atoms with Crippen LogP contribution in [0.4, 0.5) is 5.69 Å². The van der Waals surface area contributed by atoms with Gasteiger partial charge >= 0.3 is 0 Å². The summed E-state index contributed by atoms with van der Waals surface area (Å²) in [7, 11) is 0.368. The van der Waals surface area contributed by atoms with E-state index in [4.69, 9.17) is 5.41 Å². The largest absolute Gasteiger partial charge is 0.306 e. The zero-order chi connectivity index (χ0) is 18.8. The molecule has 4 rings (SSSR count). The molecule has 0 saturated heterocycles. The number of hydrogen-bond acceptors (Lipinski definition) is 4. The number of rotatable bonds is 5. The summed E-state index contributed by atoms with van der Waals surface area (Å²) < 4.78 is 17.6. The van der Waals surface area contributed by atoms with Crippen LogP contribution >= 0.6 is 0 Å². The Labute approximate surface area is 159 Å². The second-order valence-electron chi connectivity index (χ2n) is 6.08. The van der Waals surface area contributed by atoms with Gasteiger partial charge in [-0.3, -0.25) is 14.4 Å². The van der Waals surface area contributed by atoms with Gasteiger partial charge in [-0.15, -0.1) is 0 Å². The second kappa shape index (κ2) is 7.13. The Bertz CT molecular complexity index is 1170. The summed E-state index contributed by atoms with van der Waals surface area (Å²) in [4.78, 5) is 4.97. The van der Waals surface area contributed by atoms with E-state index in [-0.39, 0.29) is 0 Å². The number of aromatic nitrogens is 3. The zero-order valence-corrected chi connectivity index (χ0v) is 15.4. The standard InChI is InChI=1S/C20H17N5OS/c1-25-13-17(12-23-25)16-9-19(20(10-21)22-11-16)24-27(26)18-7-6-14-4-2-3-5-15(14)8-18/h2-13,21,24H,1H3. The Kier molecular flexibility index (Phi) is 4.52. The van der Waals surface area contributed by atoms with Crippen LogP contribution in [0.15, 0.2) is 72.0 Å². The summed E-state index contributed by atoms with van der Waals surface area (Å²) in [6.07, 6.45) is 6.45. The van der Waals surface area contributed by atoms with E-state index in [9.17, 15) is 4.21 Å². The maximum absolute atomic E-state index is 12.9. The summed E-state index contributed by atoms with van der Waals surface area (Å²) in [5.74, 6) is 0. The van der Waals surface area contributed by atoms with Crippen LogP contribution in [-0.4, -0.2) is 25.2 Å². The van der Waals surface area contributed by atoms with Crippen LogP contribution in [0.5, 0.6) is 0 Å². The summed E-state index contributed by atoms with van der Waals surface area (Å²) in [6, 6.07) is 15.5. The van der Waals surface area contributed by atoms with Crippen LogP contribution < -0.4 is 4.72 Å². The molecule has 2 heterocycles. The average Bonchev–Trinajstić information content (AvgIpc) is 3.14. The van der Waals surface area contributed by atoms with Gasteiger partial charge in [-0.05, 0) is 29.0 Å². The van der Waals surface area contributed by atoms with Gasteiger partial charge < -0.3 is 5.41 Å². The molecule has 1 atom stereocenters. The van der Waals surface area contributed by atoms with Crippen molar-refractivity contribution in [1.82, 2.24) is 14.8 Å². The lowest BCUT2D eigenvalue weighted by atomic mass is 10.1. The van der Waals surface area contributed by atoms with Crippen LogP contribution in [0.2, 0.25) is 0 Å². The number of pyridine rings is 1. The maximum Gasteiger partial charge on any atom is 0.150 e. The SMILES string of the molecule is Cn1cc(-c2cnc(C=N)c(NS(=O)c3ccc4ccccc4c3)c2)cn1. The third kappa shape index (κ3) is 3.50. The average molecular weight is 375 g/mol. The molecule has 2 aromatic heterocycles. The van der Waals surface area contributed by atoms with Crippen LogP contribution in [0.1, 0.15) is 5.69 Å². The minimum atomic E-state index is -1.48. The van der Waals surface area contributed by atoms with Crippen LogP contribution in [0.3, 0.4) is 0 Å². The van der Waals surface area contributed by atoms with Crippen molar-refractivity contribution >= 4 is 33.7 Å². The van der Waals surface area contributed by atoms with Gasteiger partial charge in [0.2, 0.25) is 0 Å². The van der Waals surface area contributed by atoms with Gasteiger partial charge in [0.25, 0.3) is 0 Å². The molecule has 0 spiro atoms.